The van der Waals surface area contributed by atoms with Gasteiger partial charge in [-0.15, -0.1) is 0 Å². The molecule has 0 spiro atoms. The molecule has 0 amide bonds. The second kappa shape index (κ2) is 18.9. The average molecular weight is 709 g/mol. The van der Waals surface area contributed by atoms with Gasteiger partial charge in [0.25, 0.3) is 5.56 Å². The molecule has 1 heterocycles. The molecule has 8 nitrogen and oxygen atoms in total. The van der Waals surface area contributed by atoms with Crippen LogP contribution in [0.5, 0.6) is 0 Å². The van der Waals surface area contributed by atoms with Crippen LogP contribution in [-0.4, -0.2) is 21.3 Å². The van der Waals surface area contributed by atoms with E-state index >= 15 is 0 Å². The number of hydrazone groups is 1. The summed E-state index contributed by atoms with van der Waals surface area (Å²) in [6, 6.07) is 6.57. The number of benzene rings is 3. The van der Waals surface area contributed by atoms with Crippen LogP contribution < -0.4 is 22.3 Å². The summed E-state index contributed by atoms with van der Waals surface area (Å²) in [4.78, 5) is 23.4. The SMILES string of the molecule is CC(=O)C(C)=NNCc1cc(C)c(C)c(C)c1C.Cc1cc(CNN)c(C)c(C)c1C.Cc1cc(Cn2nc(C)c(C)c(C)c2=O)c(C)c(C)c1C. The van der Waals surface area contributed by atoms with E-state index in [2.05, 4.69) is 122 Å². The smallest absolute Gasteiger partial charge is 0.270 e. The largest absolute Gasteiger partial charge is 0.305 e. The number of nitrogens with zero attached hydrogens (tertiary/aromatic N) is 3. The monoisotopic (exact) mass is 709 g/mol. The highest BCUT2D eigenvalue weighted by molar-refractivity contribution is 6.37. The summed E-state index contributed by atoms with van der Waals surface area (Å²) >= 11 is 0. The summed E-state index contributed by atoms with van der Waals surface area (Å²) in [5.74, 6) is 5.31. The zero-order chi connectivity index (χ0) is 39.8. The number of ketones is 1. The van der Waals surface area contributed by atoms with Gasteiger partial charge in [0.15, 0.2) is 5.78 Å². The lowest BCUT2D eigenvalue weighted by molar-refractivity contribution is -0.111. The first-order valence-corrected chi connectivity index (χ1v) is 18.1. The molecule has 0 saturated carbocycles. The highest BCUT2D eigenvalue weighted by Gasteiger charge is 2.12. The third-order valence-electron chi connectivity index (χ3n) is 11.3. The van der Waals surface area contributed by atoms with Crippen LogP contribution in [0.25, 0.3) is 0 Å². The van der Waals surface area contributed by atoms with Crippen molar-refractivity contribution in [3.8, 4) is 0 Å². The van der Waals surface area contributed by atoms with E-state index in [0.717, 1.165) is 23.4 Å². The number of hydrogen-bond donors (Lipinski definition) is 3. The minimum atomic E-state index is -0.00418. The molecule has 0 bridgehead atoms. The molecule has 3 aromatic carbocycles. The molecule has 4 rings (SSSR count). The predicted octanol–water partition coefficient (Wildman–Crippen LogP) is 8.31. The van der Waals surface area contributed by atoms with Crippen molar-refractivity contribution >= 4 is 11.5 Å². The van der Waals surface area contributed by atoms with Crippen LogP contribution in [0.1, 0.15) is 114 Å². The number of rotatable bonds is 8. The molecule has 52 heavy (non-hydrogen) atoms. The third kappa shape index (κ3) is 10.6. The Bertz CT molecular complexity index is 2030. The lowest BCUT2D eigenvalue weighted by Crippen LogP contribution is -2.28. The molecular weight excluding hydrogens is 645 g/mol. The summed E-state index contributed by atoms with van der Waals surface area (Å²) in [6.07, 6.45) is 0. The first-order chi connectivity index (χ1) is 24.2. The van der Waals surface area contributed by atoms with Crippen molar-refractivity contribution in [3.63, 3.8) is 0 Å². The molecule has 282 valence electrons. The van der Waals surface area contributed by atoms with Crippen molar-refractivity contribution < 1.29 is 4.79 Å². The van der Waals surface area contributed by atoms with Gasteiger partial charge in [-0.2, -0.15) is 10.2 Å². The minimum absolute atomic E-state index is 0.00418. The number of nitrogens with two attached hydrogens (primary N) is 1. The summed E-state index contributed by atoms with van der Waals surface area (Å²) in [5.41, 5.74) is 28.5. The Labute approximate surface area is 313 Å². The Morgan fingerprint density at radius 2 is 1.00 bits per heavy atom. The van der Waals surface area contributed by atoms with Crippen molar-refractivity contribution in [2.45, 2.75) is 137 Å². The summed E-state index contributed by atoms with van der Waals surface area (Å²) in [7, 11) is 0. The van der Waals surface area contributed by atoms with E-state index in [1.54, 1.807) is 11.6 Å². The van der Waals surface area contributed by atoms with E-state index in [9.17, 15) is 9.59 Å². The van der Waals surface area contributed by atoms with Gasteiger partial charge >= 0.3 is 0 Å². The Morgan fingerprint density at radius 1 is 0.596 bits per heavy atom. The van der Waals surface area contributed by atoms with Gasteiger partial charge in [0, 0.05) is 19.0 Å². The van der Waals surface area contributed by atoms with Crippen molar-refractivity contribution in [3.05, 3.63) is 129 Å². The number of carbonyl (C=O) groups is 1. The van der Waals surface area contributed by atoms with Crippen molar-refractivity contribution in [2.24, 2.45) is 10.9 Å². The lowest BCUT2D eigenvalue weighted by atomic mass is 9.94. The zero-order valence-corrected chi connectivity index (χ0v) is 35.1. The Morgan fingerprint density at radius 3 is 1.42 bits per heavy atom. The molecule has 0 atom stereocenters. The first kappa shape index (κ1) is 43.8. The average Bonchev–Trinajstić information content (AvgIpc) is 3.10. The number of nitrogens with one attached hydrogen (secondary N) is 2. The fourth-order valence-corrected chi connectivity index (χ4v) is 6.05. The van der Waals surface area contributed by atoms with E-state index in [1.165, 1.54) is 90.4 Å². The van der Waals surface area contributed by atoms with E-state index in [1.807, 2.05) is 20.8 Å². The summed E-state index contributed by atoms with van der Waals surface area (Å²) < 4.78 is 1.59. The van der Waals surface area contributed by atoms with Crippen molar-refractivity contribution in [1.29, 1.82) is 0 Å². The first-order valence-electron chi connectivity index (χ1n) is 18.1. The van der Waals surface area contributed by atoms with E-state index in [4.69, 9.17) is 5.84 Å². The topological polar surface area (TPSA) is 114 Å². The van der Waals surface area contributed by atoms with Crippen LogP contribution in [0, 0.1) is 104 Å². The van der Waals surface area contributed by atoms with Gasteiger partial charge < -0.3 is 5.43 Å². The van der Waals surface area contributed by atoms with E-state index in [0.29, 0.717) is 18.8 Å². The molecule has 4 aromatic rings. The predicted molar refractivity (Wildman–Crippen MR) is 220 cm³/mol. The molecule has 0 fully saturated rings. The van der Waals surface area contributed by atoms with E-state index < -0.39 is 0 Å². The normalized spacial score (nSPS) is 11.1. The van der Waals surface area contributed by atoms with Crippen LogP contribution in [0.15, 0.2) is 28.1 Å². The fourth-order valence-electron chi connectivity index (χ4n) is 6.05. The highest BCUT2D eigenvalue weighted by Crippen LogP contribution is 2.23. The van der Waals surface area contributed by atoms with Crippen LogP contribution in [0.4, 0.5) is 0 Å². The van der Waals surface area contributed by atoms with Gasteiger partial charge in [-0.3, -0.25) is 20.9 Å². The maximum absolute atomic E-state index is 12.4. The molecule has 0 aliphatic heterocycles. The number of aryl methyl sites for hydroxylation is 4. The quantitative estimate of drug-likeness (QED) is 0.0964. The second-order valence-corrected chi connectivity index (χ2v) is 14.5. The molecule has 0 saturated heterocycles. The number of hydrogen-bond acceptors (Lipinski definition) is 7. The third-order valence-corrected chi connectivity index (χ3v) is 11.3. The molecule has 8 heteroatoms. The van der Waals surface area contributed by atoms with Crippen LogP contribution in [0.3, 0.4) is 0 Å². The van der Waals surface area contributed by atoms with Crippen LogP contribution in [0.2, 0.25) is 0 Å². The van der Waals surface area contributed by atoms with Gasteiger partial charge in [0.2, 0.25) is 0 Å². The molecule has 0 unspecified atom stereocenters. The standard InChI is InChI=1S/C18H24N2O.C15H22N2O.C11H18N2/c1-10-8-17(14(5)12(3)11(10)2)9-20-18(21)15(6)13(4)16(7)19-20;1-9-7-15(12(4)11(3)10(9)2)8-16-17-13(5)14(6)18;1-7-5-11(6-13-12)10(4)9(3)8(7)2/h8H,9H2,1-7H3;7,16H,8H2,1-6H3;5,13H,6,12H2,1-4H3. The van der Waals surface area contributed by atoms with Crippen molar-refractivity contribution in [1.82, 2.24) is 20.6 Å². The lowest BCUT2D eigenvalue weighted by Gasteiger charge is -2.16. The number of aromatic nitrogens is 2. The molecule has 4 N–H and O–H groups in total. The van der Waals surface area contributed by atoms with Gasteiger partial charge in [0.05, 0.1) is 24.5 Å². The Hall–Kier alpha value is -4.40. The van der Waals surface area contributed by atoms with E-state index in [-0.39, 0.29) is 11.3 Å². The van der Waals surface area contributed by atoms with Gasteiger partial charge in [-0.25, -0.2) is 4.68 Å². The molecule has 1 aromatic heterocycles. The number of Topliss-reactive ketones (excluding diaryl/α,β-unsaturated/α-hetero) is 1. The minimum Gasteiger partial charge on any atom is -0.305 e. The van der Waals surface area contributed by atoms with Crippen LogP contribution in [-0.2, 0) is 24.4 Å². The maximum Gasteiger partial charge on any atom is 0.270 e. The zero-order valence-electron chi connectivity index (χ0n) is 35.1. The highest BCUT2D eigenvalue weighted by atomic mass is 16.1. The van der Waals surface area contributed by atoms with Gasteiger partial charge in [-0.05, 0) is 200 Å². The fraction of sp³-hybridized carbons (Fsp3) is 0.455. The summed E-state index contributed by atoms with van der Waals surface area (Å²) in [6.45, 7) is 36.6. The second-order valence-electron chi connectivity index (χ2n) is 14.5. The Balaban J connectivity index is 0.000000278. The summed E-state index contributed by atoms with van der Waals surface area (Å²) in [5, 5.41) is 8.51. The van der Waals surface area contributed by atoms with Gasteiger partial charge in [0.1, 0.15) is 0 Å². The van der Waals surface area contributed by atoms with Crippen molar-refractivity contribution in [2.75, 3.05) is 0 Å². The molecule has 0 radical (unpaired) electrons. The Kier molecular flexibility index (Phi) is 15.9. The van der Waals surface area contributed by atoms with Crippen LogP contribution >= 0.6 is 0 Å². The maximum atomic E-state index is 12.4. The number of carbonyl (C=O) groups excluding carboxylic acids is 1. The molecular formula is C44H64N6O2. The number of hydrazine groups is 1. The molecule has 0 aliphatic rings. The van der Waals surface area contributed by atoms with Gasteiger partial charge in [-0.1, -0.05) is 18.2 Å². The molecule has 0 aliphatic carbocycles.